The number of nitrogens with one attached hydrogen (secondary N) is 1. The van der Waals surface area contributed by atoms with Crippen molar-refractivity contribution < 1.29 is 4.79 Å². The van der Waals surface area contributed by atoms with Crippen LogP contribution in [-0.2, 0) is 11.3 Å². The molecule has 1 N–H and O–H groups in total. The summed E-state index contributed by atoms with van der Waals surface area (Å²) in [4.78, 5) is 21.3. The van der Waals surface area contributed by atoms with Crippen LogP contribution in [0.2, 0.25) is 0 Å². The quantitative estimate of drug-likeness (QED) is 0.906. The van der Waals surface area contributed by atoms with Gasteiger partial charge in [-0.05, 0) is 31.0 Å². The normalized spacial score (nSPS) is 19.3. The fourth-order valence-corrected chi connectivity index (χ4v) is 2.68. The van der Waals surface area contributed by atoms with Crippen molar-refractivity contribution in [1.82, 2.24) is 14.9 Å². The fraction of sp³-hybridized carbons (Fsp3) is 0.400. The van der Waals surface area contributed by atoms with Gasteiger partial charge in [0.2, 0.25) is 5.91 Å². The first kappa shape index (κ1) is 12.7. The van der Waals surface area contributed by atoms with E-state index in [1.165, 1.54) is 0 Å². The van der Waals surface area contributed by atoms with E-state index in [9.17, 15) is 4.79 Å². The van der Waals surface area contributed by atoms with Gasteiger partial charge in [-0.1, -0.05) is 6.07 Å². The summed E-state index contributed by atoms with van der Waals surface area (Å²) in [7, 11) is 0. The summed E-state index contributed by atoms with van der Waals surface area (Å²) < 4.78 is 0. The predicted octanol–water partition coefficient (Wildman–Crippen LogP) is 2.13. The van der Waals surface area contributed by atoms with E-state index in [0.717, 1.165) is 22.4 Å². The molecule has 5 nitrogen and oxygen atoms in total. The molecule has 0 radical (unpaired) electrons. The number of amides is 1. The Morgan fingerprint density at radius 2 is 2.40 bits per heavy atom. The Morgan fingerprint density at radius 1 is 1.55 bits per heavy atom. The average Bonchev–Trinajstić information content (AvgIpc) is 2.80. The number of nitrogens with zero attached hydrogens (tertiary/aromatic N) is 3. The molecule has 0 saturated carbocycles. The van der Waals surface area contributed by atoms with Gasteiger partial charge in [-0.3, -0.25) is 4.79 Å². The highest BCUT2D eigenvalue weighted by Gasteiger charge is 2.25. The topological polar surface area (TPSA) is 72.8 Å². The largest absolute Gasteiger partial charge is 0.342 e. The third kappa shape index (κ3) is 2.37. The summed E-state index contributed by atoms with van der Waals surface area (Å²) in [6.45, 7) is 3.02. The van der Waals surface area contributed by atoms with E-state index >= 15 is 0 Å². The zero-order valence-electron chi connectivity index (χ0n) is 11.4. The maximum Gasteiger partial charge on any atom is 0.222 e. The molecular weight excluding hydrogens is 252 g/mol. The van der Waals surface area contributed by atoms with Crippen molar-refractivity contribution in [3.05, 3.63) is 29.6 Å². The summed E-state index contributed by atoms with van der Waals surface area (Å²) >= 11 is 0. The minimum absolute atomic E-state index is 0.0363. The van der Waals surface area contributed by atoms with Crippen LogP contribution in [0.4, 0.5) is 0 Å². The summed E-state index contributed by atoms with van der Waals surface area (Å²) in [6.07, 6.45) is 1.16. The molecule has 1 saturated heterocycles. The third-order valence-corrected chi connectivity index (χ3v) is 3.72. The first-order chi connectivity index (χ1) is 9.65. The first-order valence-corrected chi connectivity index (χ1v) is 6.78. The Labute approximate surface area is 117 Å². The van der Waals surface area contributed by atoms with Crippen LogP contribution in [0.5, 0.6) is 0 Å². The molecule has 5 heteroatoms. The number of imidazole rings is 1. The van der Waals surface area contributed by atoms with Crippen molar-refractivity contribution in [3.8, 4) is 6.07 Å². The Morgan fingerprint density at radius 3 is 3.20 bits per heavy atom. The van der Waals surface area contributed by atoms with Crippen LogP contribution < -0.4 is 0 Å². The molecule has 3 rings (SSSR count). The number of H-pyrrole nitrogens is 1. The van der Waals surface area contributed by atoms with Gasteiger partial charge >= 0.3 is 0 Å². The number of carbonyl (C=O) groups is 1. The number of hydrogen-bond acceptors (Lipinski definition) is 3. The standard InChI is InChI=1S/C15H16N4O/c1-10-17-13-4-2-11(6-14(13)18-10)8-19-9-12(7-16)3-5-15(19)20/h2,4,6,12H,3,5,8-9H2,1H3,(H,17,18). The van der Waals surface area contributed by atoms with Crippen LogP contribution in [0, 0.1) is 24.2 Å². The number of likely N-dealkylation sites (tertiary alicyclic amines) is 1. The van der Waals surface area contributed by atoms with Crippen molar-refractivity contribution in [1.29, 1.82) is 5.26 Å². The van der Waals surface area contributed by atoms with Crippen LogP contribution in [0.3, 0.4) is 0 Å². The molecule has 20 heavy (non-hydrogen) atoms. The molecule has 1 aromatic heterocycles. The number of nitriles is 1. The zero-order chi connectivity index (χ0) is 14.1. The van der Waals surface area contributed by atoms with E-state index in [-0.39, 0.29) is 11.8 Å². The lowest BCUT2D eigenvalue weighted by atomic mass is 9.98. The number of carbonyl (C=O) groups excluding carboxylic acids is 1. The van der Waals surface area contributed by atoms with Gasteiger partial charge in [-0.2, -0.15) is 5.26 Å². The van der Waals surface area contributed by atoms with E-state index in [1.807, 2.05) is 25.1 Å². The average molecular weight is 268 g/mol. The second-order valence-corrected chi connectivity index (χ2v) is 5.31. The van der Waals surface area contributed by atoms with Crippen molar-refractivity contribution in [2.75, 3.05) is 6.54 Å². The van der Waals surface area contributed by atoms with Gasteiger partial charge in [0.1, 0.15) is 5.82 Å². The lowest BCUT2D eigenvalue weighted by molar-refractivity contribution is -0.134. The van der Waals surface area contributed by atoms with Crippen LogP contribution in [0.25, 0.3) is 11.0 Å². The van der Waals surface area contributed by atoms with E-state index in [2.05, 4.69) is 16.0 Å². The zero-order valence-corrected chi connectivity index (χ0v) is 11.4. The fourth-order valence-electron chi connectivity index (χ4n) is 2.68. The highest BCUT2D eigenvalue weighted by Crippen LogP contribution is 2.20. The number of fused-ring (bicyclic) bond motifs is 1. The smallest absolute Gasteiger partial charge is 0.222 e. The number of benzene rings is 1. The second kappa shape index (κ2) is 4.97. The highest BCUT2D eigenvalue weighted by molar-refractivity contribution is 5.78. The lowest BCUT2D eigenvalue weighted by Gasteiger charge is -2.29. The Balaban J connectivity index is 1.81. The van der Waals surface area contributed by atoms with Crippen LogP contribution in [0.1, 0.15) is 24.2 Å². The molecule has 1 unspecified atom stereocenters. The maximum absolute atomic E-state index is 11.9. The molecule has 1 aliphatic heterocycles. The molecular formula is C15H16N4O. The summed E-state index contributed by atoms with van der Waals surface area (Å²) in [5.41, 5.74) is 2.99. The molecule has 102 valence electrons. The summed E-state index contributed by atoms with van der Waals surface area (Å²) in [6, 6.07) is 8.24. The number of aryl methyl sites for hydroxylation is 1. The number of aromatic nitrogens is 2. The van der Waals surface area contributed by atoms with Gasteiger partial charge < -0.3 is 9.88 Å². The SMILES string of the molecule is Cc1nc2ccc(CN3CC(C#N)CCC3=O)cc2[nH]1. The number of hydrogen-bond donors (Lipinski definition) is 1. The van der Waals surface area contributed by atoms with Gasteiger partial charge in [0.05, 0.1) is 23.0 Å². The minimum Gasteiger partial charge on any atom is -0.342 e. The minimum atomic E-state index is -0.0363. The lowest BCUT2D eigenvalue weighted by Crippen LogP contribution is -2.38. The Hall–Kier alpha value is -2.35. The molecule has 2 heterocycles. The van der Waals surface area contributed by atoms with Gasteiger partial charge in [-0.15, -0.1) is 0 Å². The van der Waals surface area contributed by atoms with Crippen LogP contribution in [0.15, 0.2) is 18.2 Å². The van der Waals surface area contributed by atoms with Gasteiger partial charge in [0, 0.05) is 19.5 Å². The van der Waals surface area contributed by atoms with Crippen molar-refractivity contribution in [2.24, 2.45) is 5.92 Å². The van der Waals surface area contributed by atoms with Crippen LogP contribution >= 0.6 is 0 Å². The van der Waals surface area contributed by atoms with Crippen molar-refractivity contribution in [3.63, 3.8) is 0 Å². The number of piperidine rings is 1. The highest BCUT2D eigenvalue weighted by atomic mass is 16.2. The number of rotatable bonds is 2. The molecule has 0 spiro atoms. The van der Waals surface area contributed by atoms with Crippen molar-refractivity contribution >= 4 is 16.9 Å². The Kier molecular flexibility index (Phi) is 3.15. The van der Waals surface area contributed by atoms with E-state index in [4.69, 9.17) is 5.26 Å². The second-order valence-electron chi connectivity index (χ2n) is 5.31. The monoisotopic (exact) mass is 268 g/mol. The molecule has 2 aromatic rings. The first-order valence-electron chi connectivity index (χ1n) is 6.78. The molecule has 0 aliphatic carbocycles. The molecule has 1 amide bonds. The van der Waals surface area contributed by atoms with Crippen molar-refractivity contribution in [2.45, 2.75) is 26.3 Å². The van der Waals surface area contributed by atoms with E-state index in [0.29, 0.717) is 25.9 Å². The summed E-state index contributed by atoms with van der Waals surface area (Å²) in [5, 5.41) is 9.00. The molecule has 0 bridgehead atoms. The Bertz CT molecular complexity index is 697. The van der Waals surface area contributed by atoms with Gasteiger partial charge in [0.25, 0.3) is 0 Å². The van der Waals surface area contributed by atoms with Gasteiger partial charge in [-0.25, -0.2) is 4.98 Å². The third-order valence-electron chi connectivity index (χ3n) is 3.72. The van der Waals surface area contributed by atoms with Gasteiger partial charge in [0.15, 0.2) is 0 Å². The molecule has 1 atom stereocenters. The van der Waals surface area contributed by atoms with E-state index in [1.54, 1.807) is 4.90 Å². The molecule has 1 aromatic carbocycles. The number of aromatic amines is 1. The predicted molar refractivity (Wildman–Crippen MR) is 74.6 cm³/mol. The van der Waals surface area contributed by atoms with E-state index < -0.39 is 0 Å². The summed E-state index contributed by atoms with van der Waals surface area (Å²) in [5.74, 6) is 0.985. The van der Waals surface area contributed by atoms with Crippen LogP contribution in [-0.4, -0.2) is 27.3 Å². The molecule has 1 fully saturated rings. The maximum atomic E-state index is 11.9. The molecule has 1 aliphatic rings.